The lowest BCUT2D eigenvalue weighted by Crippen LogP contribution is -2.32. The van der Waals surface area contributed by atoms with E-state index in [9.17, 15) is 0 Å². The van der Waals surface area contributed by atoms with Gasteiger partial charge in [-0.2, -0.15) is 0 Å². The number of hydrogen-bond acceptors (Lipinski definition) is 5. The fraction of sp³-hybridized carbons (Fsp3) is 0.455. The number of aromatic nitrogens is 2. The van der Waals surface area contributed by atoms with Gasteiger partial charge in [-0.1, -0.05) is 12.1 Å². The molecule has 142 valence electrons. The van der Waals surface area contributed by atoms with Crippen molar-refractivity contribution in [3.63, 3.8) is 0 Å². The Morgan fingerprint density at radius 1 is 1.15 bits per heavy atom. The maximum absolute atomic E-state index is 5.41. The molecule has 0 spiro atoms. The van der Waals surface area contributed by atoms with Gasteiger partial charge in [0.25, 0.3) is 0 Å². The van der Waals surface area contributed by atoms with E-state index in [1.807, 2.05) is 12.1 Å². The van der Waals surface area contributed by atoms with Crippen LogP contribution >= 0.6 is 0 Å². The first kappa shape index (κ1) is 18.0. The van der Waals surface area contributed by atoms with Crippen molar-refractivity contribution in [1.82, 2.24) is 15.3 Å². The third-order valence-corrected chi connectivity index (χ3v) is 5.43. The van der Waals surface area contributed by atoms with Crippen molar-refractivity contribution in [3.05, 3.63) is 53.6 Å². The molecule has 1 unspecified atom stereocenters. The Balaban J connectivity index is 1.39. The normalized spacial score (nSPS) is 18.0. The fourth-order valence-electron chi connectivity index (χ4n) is 3.88. The monoisotopic (exact) mass is 364 g/mol. The highest BCUT2D eigenvalue weighted by Gasteiger charge is 2.19. The van der Waals surface area contributed by atoms with Crippen molar-refractivity contribution in [2.45, 2.75) is 45.6 Å². The summed E-state index contributed by atoms with van der Waals surface area (Å²) in [5, 5.41) is 4.84. The standard InChI is InChI=1S/C22H28N4O/c1-16-7-8-20-17(2)24-22(25-21(20)15-16)26-12-3-5-18(10-13-26)23-11-9-19-6-4-14-27-19/h4,6-8,14-15,18,23H,3,5,9-13H2,1-2H3. The summed E-state index contributed by atoms with van der Waals surface area (Å²) in [5.74, 6) is 1.93. The van der Waals surface area contributed by atoms with Gasteiger partial charge in [-0.3, -0.25) is 0 Å². The van der Waals surface area contributed by atoms with E-state index in [0.29, 0.717) is 6.04 Å². The van der Waals surface area contributed by atoms with Gasteiger partial charge in [-0.15, -0.1) is 0 Å². The van der Waals surface area contributed by atoms with Crippen molar-refractivity contribution in [2.24, 2.45) is 0 Å². The SMILES string of the molecule is Cc1ccc2c(C)nc(N3CCCC(NCCc4ccco4)CC3)nc2c1. The van der Waals surface area contributed by atoms with Crippen molar-refractivity contribution in [3.8, 4) is 0 Å². The molecule has 0 bridgehead atoms. The Kier molecular flexibility index (Phi) is 5.39. The number of nitrogens with zero attached hydrogens (tertiary/aromatic N) is 3. The number of fused-ring (bicyclic) bond motifs is 1. The summed E-state index contributed by atoms with van der Waals surface area (Å²) in [6.45, 7) is 7.17. The molecule has 2 aromatic heterocycles. The molecular weight excluding hydrogens is 336 g/mol. The molecule has 1 aliphatic heterocycles. The average Bonchev–Trinajstić information content (AvgIpc) is 3.05. The number of anilines is 1. The van der Waals surface area contributed by atoms with Crippen molar-refractivity contribution >= 4 is 16.9 Å². The van der Waals surface area contributed by atoms with Crippen LogP contribution in [-0.4, -0.2) is 35.6 Å². The molecule has 0 amide bonds. The molecule has 0 saturated carbocycles. The number of nitrogens with one attached hydrogen (secondary N) is 1. The molecule has 1 fully saturated rings. The number of rotatable bonds is 5. The largest absolute Gasteiger partial charge is 0.469 e. The maximum Gasteiger partial charge on any atom is 0.226 e. The third kappa shape index (κ3) is 4.30. The molecule has 1 saturated heterocycles. The van der Waals surface area contributed by atoms with Gasteiger partial charge in [0.05, 0.1) is 17.5 Å². The molecule has 3 aromatic rings. The molecule has 5 heteroatoms. The summed E-state index contributed by atoms with van der Waals surface area (Å²) < 4.78 is 5.41. The second kappa shape index (κ2) is 8.09. The first-order valence-corrected chi connectivity index (χ1v) is 9.95. The molecule has 1 atom stereocenters. The minimum atomic E-state index is 0.550. The summed E-state index contributed by atoms with van der Waals surface area (Å²) in [4.78, 5) is 12.0. The van der Waals surface area contributed by atoms with Crippen LogP contribution in [0, 0.1) is 13.8 Å². The van der Waals surface area contributed by atoms with Crippen LogP contribution in [0.2, 0.25) is 0 Å². The summed E-state index contributed by atoms with van der Waals surface area (Å²) >= 11 is 0. The minimum absolute atomic E-state index is 0.550. The summed E-state index contributed by atoms with van der Waals surface area (Å²) in [6.07, 6.45) is 6.16. The van der Waals surface area contributed by atoms with Gasteiger partial charge in [0, 0.05) is 37.5 Å². The fourth-order valence-corrected chi connectivity index (χ4v) is 3.88. The zero-order valence-corrected chi connectivity index (χ0v) is 16.2. The number of benzene rings is 1. The van der Waals surface area contributed by atoms with E-state index in [4.69, 9.17) is 14.4 Å². The molecule has 1 N–H and O–H groups in total. The first-order valence-electron chi connectivity index (χ1n) is 9.95. The Labute approximate surface area is 160 Å². The number of furan rings is 1. The highest BCUT2D eigenvalue weighted by Crippen LogP contribution is 2.22. The van der Waals surface area contributed by atoms with Gasteiger partial charge in [0.15, 0.2) is 0 Å². The second-order valence-electron chi connectivity index (χ2n) is 7.53. The lowest BCUT2D eigenvalue weighted by Gasteiger charge is -2.21. The van der Waals surface area contributed by atoms with Gasteiger partial charge in [0.1, 0.15) is 5.76 Å². The number of aryl methyl sites for hydroxylation is 2. The van der Waals surface area contributed by atoms with Crippen molar-refractivity contribution < 1.29 is 4.42 Å². The lowest BCUT2D eigenvalue weighted by atomic mass is 10.1. The molecule has 0 radical (unpaired) electrons. The van der Waals surface area contributed by atoms with Crippen LogP contribution < -0.4 is 10.2 Å². The second-order valence-corrected chi connectivity index (χ2v) is 7.53. The molecular formula is C22H28N4O. The highest BCUT2D eigenvalue weighted by molar-refractivity contribution is 5.82. The summed E-state index contributed by atoms with van der Waals surface area (Å²) in [6, 6.07) is 11.0. The van der Waals surface area contributed by atoms with Crippen LogP contribution in [0.15, 0.2) is 41.0 Å². The van der Waals surface area contributed by atoms with Gasteiger partial charge in [0.2, 0.25) is 5.95 Å². The quantitative estimate of drug-likeness (QED) is 0.741. The predicted octanol–water partition coefficient (Wildman–Crippen LogP) is 4.03. The van der Waals surface area contributed by atoms with Crippen molar-refractivity contribution in [2.75, 3.05) is 24.5 Å². The third-order valence-electron chi connectivity index (χ3n) is 5.43. The van der Waals surface area contributed by atoms with Crippen LogP contribution in [0.25, 0.3) is 10.9 Å². The topological polar surface area (TPSA) is 54.2 Å². The van der Waals surface area contributed by atoms with E-state index in [2.05, 4.69) is 42.3 Å². The van der Waals surface area contributed by atoms with Crippen LogP contribution in [0.1, 0.15) is 36.3 Å². The minimum Gasteiger partial charge on any atom is -0.469 e. The maximum atomic E-state index is 5.41. The van der Waals surface area contributed by atoms with Crippen LogP contribution in [0.5, 0.6) is 0 Å². The summed E-state index contributed by atoms with van der Waals surface area (Å²) in [5.41, 5.74) is 3.35. The Morgan fingerprint density at radius 2 is 2.07 bits per heavy atom. The number of hydrogen-bond donors (Lipinski definition) is 1. The van der Waals surface area contributed by atoms with Gasteiger partial charge < -0.3 is 14.6 Å². The van der Waals surface area contributed by atoms with E-state index < -0.39 is 0 Å². The molecule has 0 aliphatic carbocycles. The van der Waals surface area contributed by atoms with Crippen LogP contribution in [0.3, 0.4) is 0 Å². The molecule has 5 nitrogen and oxygen atoms in total. The Hall–Kier alpha value is -2.40. The predicted molar refractivity (Wildman–Crippen MR) is 109 cm³/mol. The van der Waals surface area contributed by atoms with E-state index in [1.165, 1.54) is 12.0 Å². The molecule has 3 heterocycles. The molecule has 4 rings (SSSR count). The van der Waals surface area contributed by atoms with Gasteiger partial charge >= 0.3 is 0 Å². The van der Waals surface area contributed by atoms with Gasteiger partial charge in [-0.05, 0) is 56.9 Å². The average molecular weight is 364 g/mol. The Morgan fingerprint density at radius 3 is 2.93 bits per heavy atom. The van der Waals surface area contributed by atoms with Crippen molar-refractivity contribution in [1.29, 1.82) is 0 Å². The molecule has 27 heavy (non-hydrogen) atoms. The zero-order valence-electron chi connectivity index (χ0n) is 16.2. The zero-order chi connectivity index (χ0) is 18.6. The van der Waals surface area contributed by atoms with E-state index in [1.54, 1.807) is 6.26 Å². The van der Waals surface area contributed by atoms with Crippen LogP contribution in [0.4, 0.5) is 5.95 Å². The highest BCUT2D eigenvalue weighted by atomic mass is 16.3. The first-order chi connectivity index (χ1) is 13.2. The van der Waals surface area contributed by atoms with Gasteiger partial charge in [-0.25, -0.2) is 9.97 Å². The lowest BCUT2D eigenvalue weighted by molar-refractivity contribution is 0.449. The molecule has 1 aromatic carbocycles. The van der Waals surface area contributed by atoms with E-state index in [-0.39, 0.29) is 0 Å². The summed E-state index contributed by atoms with van der Waals surface area (Å²) in [7, 11) is 0. The Bertz CT molecular complexity index is 891. The molecule has 1 aliphatic rings. The smallest absolute Gasteiger partial charge is 0.226 e. The van der Waals surface area contributed by atoms with E-state index in [0.717, 1.165) is 67.2 Å². The van der Waals surface area contributed by atoms with Crippen LogP contribution in [-0.2, 0) is 6.42 Å². The van der Waals surface area contributed by atoms with E-state index >= 15 is 0 Å².